The summed E-state index contributed by atoms with van der Waals surface area (Å²) in [7, 11) is 5.73. The monoisotopic (exact) mass is 237 g/mol. The number of pyridine rings is 1. The molecule has 1 aromatic heterocycles. The summed E-state index contributed by atoms with van der Waals surface area (Å²) in [5.41, 5.74) is 0.970. The Hall–Kier alpha value is -1.29. The fraction of sp³-hybridized carbons (Fsp3) is 0.615. The van der Waals surface area contributed by atoms with E-state index in [1.54, 1.807) is 13.3 Å². The number of nitrogens with zero attached hydrogens (tertiary/aromatic N) is 2. The summed E-state index contributed by atoms with van der Waals surface area (Å²) in [4.78, 5) is 6.35. The smallest absolute Gasteiger partial charge is 0.151 e. The third-order valence-electron chi connectivity index (χ3n) is 2.81. The van der Waals surface area contributed by atoms with Crippen molar-refractivity contribution in [3.63, 3.8) is 0 Å². The van der Waals surface area contributed by atoms with Crippen LogP contribution < -0.4 is 10.2 Å². The first-order valence-electron chi connectivity index (χ1n) is 5.87. The number of hydrogen-bond donors (Lipinski definition) is 1. The largest absolute Gasteiger partial charge is 0.382 e. The third-order valence-corrected chi connectivity index (χ3v) is 2.81. The number of hydrogen-bond acceptors (Lipinski definition) is 4. The molecule has 0 bridgehead atoms. The van der Waals surface area contributed by atoms with Crippen LogP contribution in [0.3, 0.4) is 0 Å². The average molecular weight is 237 g/mol. The van der Waals surface area contributed by atoms with Gasteiger partial charge in [0.15, 0.2) is 5.82 Å². The van der Waals surface area contributed by atoms with Gasteiger partial charge in [0.25, 0.3) is 0 Å². The highest BCUT2D eigenvalue weighted by atomic mass is 16.5. The summed E-state index contributed by atoms with van der Waals surface area (Å²) in [6.07, 6.45) is 2.75. The van der Waals surface area contributed by atoms with E-state index in [2.05, 4.69) is 24.1 Å². The van der Waals surface area contributed by atoms with Gasteiger partial charge < -0.3 is 15.0 Å². The predicted octanol–water partition coefficient (Wildman–Crippen LogP) is 2.37. The van der Waals surface area contributed by atoms with Gasteiger partial charge in [0.1, 0.15) is 0 Å². The molecule has 1 heterocycles. The molecule has 0 radical (unpaired) electrons. The number of rotatable bonds is 6. The summed E-state index contributed by atoms with van der Waals surface area (Å²) < 4.78 is 5.39. The van der Waals surface area contributed by atoms with E-state index < -0.39 is 0 Å². The Balaban J connectivity index is 2.58. The minimum Gasteiger partial charge on any atom is -0.382 e. The van der Waals surface area contributed by atoms with Crippen LogP contribution in [0, 0.1) is 0 Å². The molecule has 4 heteroatoms. The summed E-state index contributed by atoms with van der Waals surface area (Å²) >= 11 is 0. The van der Waals surface area contributed by atoms with Crippen LogP contribution in [0.25, 0.3) is 0 Å². The first kappa shape index (κ1) is 13.8. The van der Waals surface area contributed by atoms with Crippen LogP contribution in [0.4, 0.5) is 11.5 Å². The van der Waals surface area contributed by atoms with E-state index in [9.17, 15) is 0 Å². The Morgan fingerprint density at radius 1 is 1.41 bits per heavy atom. The van der Waals surface area contributed by atoms with Crippen LogP contribution >= 0.6 is 0 Å². The van der Waals surface area contributed by atoms with E-state index in [0.717, 1.165) is 24.5 Å². The van der Waals surface area contributed by atoms with Crippen molar-refractivity contribution >= 4 is 11.5 Å². The van der Waals surface area contributed by atoms with Gasteiger partial charge in [0.2, 0.25) is 0 Å². The van der Waals surface area contributed by atoms with Crippen molar-refractivity contribution in [1.82, 2.24) is 4.98 Å². The van der Waals surface area contributed by atoms with E-state index in [-0.39, 0.29) is 5.60 Å². The second-order valence-electron chi connectivity index (χ2n) is 4.91. The molecule has 0 atom stereocenters. The van der Waals surface area contributed by atoms with Gasteiger partial charge >= 0.3 is 0 Å². The lowest BCUT2D eigenvalue weighted by atomic mass is 10.1. The normalized spacial score (nSPS) is 11.4. The molecule has 0 fully saturated rings. The average Bonchev–Trinajstić information content (AvgIpc) is 2.29. The Morgan fingerprint density at radius 2 is 2.12 bits per heavy atom. The van der Waals surface area contributed by atoms with E-state index in [1.807, 2.05) is 31.1 Å². The molecular weight excluding hydrogens is 214 g/mol. The molecule has 0 saturated heterocycles. The fourth-order valence-corrected chi connectivity index (χ4v) is 1.49. The van der Waals surface area contributed by atoms with Crippen LogP contribution in [0.15, 0.2) is 18.3 Å². The highest BCUT2D eigenvalue weighted by molar-refractivity contribution is 5.64. The summed E-state index contributed by atoms with van der Waals surface area (Å²) in [6, 6.07) is 3.99. The second-order valence-corrected chi connectivity index (χ2v) is 4.91. The lowest BCUT2D eigenvalue weighted by Crippen LogP contribution is -2.26. The lowest BCUT2D eigenvalue weighted by molar-refractivity contribution is 0.0185. The Bertz CT molecular complexity index is 350. The molecule has 0 amide bonds. The SMILES string of the molecule is COC(C)(C)CCNc1cccnc1N(C)C. The quantitative estimate of drug-likeness (QED) is 0.824. The lowest BCUT2D eigenvalue weighted by Gasteiger charge is -2.24. The van der Waals surface area contributed by atoms with Gasteiger partial charge in [-0.25, -0.2) is 4.98 Å². The molecule has 1 rings (SSSR count). The van der Waals surface area contributed by atoms with Gasteiger partial charge in [-0.1, -0.05) is 0 Å². The van der Waals surface area contributed by atoms with Crippen molar-refractivity contribution in [1.29, 1.82) is 0 Å². The molecule has 0 aliphatic rings. The molecule has 1 N–H and O–H groups in total. The molecule has 4 nitrogen and oxygen atoms in total. The zero-order valence-electron chi connectivity index (χ0n) is 11.4. The third kappa shape index (κ3) is 4.23. The molecule has 17 heavy (non-hydrogen) atoms. The van der Waals surface area contributed by atoms with Crippen molar-refractivity contribution in [3.05, 3.63) is 18.3 Å². The van der Waals surface area contributed by atoms with Crippen LogP contribution in [0.5, 0.6) is 0 Å². The predicted molar refractivity (Wildman–Crippen MR) is 72.8 cm³/mol. The fourth-order valence-electron chi connectivity index (χ4n) is 1.49. The van der Waals surface area contributed by atoms with Crippen LogP contribution in [0.1, 0.15) is 20.3 Å². The number of aromatic nitrogens is 1. The zero-order valence-corrected chi connectivity index (χ0v) is 11.4. The van der Waals surface area contributed by atoms with E-state index in [4.69, 9.17) is 4.74 Å². The maximum absolute atomic E-state index is 5.39. The van der Waals surface area contributed by atoms with Gasteiger partial charge in [0.05, 0.1) is 11.3 Å². The van der Waals surface area contributed by atoms with Gasteiger partial charge in [-0.15, -0.1) is 0 Å². The molecule has 96 valence electrons. The van der Waals surface area contributed by atoms with Crippen molar-refractivity contribution in [2.24, 2.45) is 0 Å². The van der Waals surface area contributed by atoms with Gasteiger partial charge in [0, 0.05) is 33.9 Å². The molecule has 0 aliphatic carbocycles. The Kier molecular flexibility index (Phi) is 4.75. The minimum absolute atomic E-state index is 0.0898. The molecule has 0 spiro atoms. The number of ether oxygens (including phenoxy) is 1. The summed E-state index contributed by atoms with van der Waals surface area (Å²) in [5, 5.41) is 3.40. The molecule has 0 unspecified atom stereocenters. The topological polar surface area (TPSA) is 37.4 Å². The first-order chi connectivity index (χ1) is 7.96. The number of anilines is 2. The van der Waals surface area contributed by atoms with E-state index >= 15 is 0 Å². The van der Waals surface area contributed by atoms with E-state index in [1.165, 1.54) is 0 Å². The highest BCUT2D eigenvalue weighted by Crippen LogP contribution is 2.21. The first-order valence-corrected chi connectivity index (χ1v) is 5.87. The second kappa shape index (κ2) is 5.87. The standard InChI is InChI=1S/C13H23N3O/c1-13(2,17-5)8-10-14-11-7-6-9-15-12(11)16(3)4/h6-7,9,14H,8,10H2,1-5H3. The molecule has 1 aromatic rings. The number of nitrogens with one attached hydrogen (secondary N) is 1. The van der Waals surface area contributed by atoms with Crippen molar-refractivity contribution in [2.45, 2.75) is 25.9 Å². The summed E-state index contributed by atoms with van der Waals surface area (Å²) in [5.74, 6) is 0.961. The van der Waals surface area contributed by atoms with Gasteiger partial charge in [-0.3, -0.25) is 0 Å². The van der Waals surface area contributed by atoms with Crippen LogP contribution in [-0.2, 0) is 4.74 Å². The number of methoxy groups -OCH3 is 1. The minimum atomic E-state index is -0.0898. The van der Waals surface area contributed by atoms with Crippen molar-refractivity contribution in [2.75, 3.05) is 38.0 Å². The highest BCUT2D eigenvalue weighted by Gasteiger charge is 2.15. The van der Waals surface area contributed by atoms with Crippen molar-refractivity contribution in [3.8, 4) is 0 Å². The van der Waals surface area contributed by atoms with Crippen molar-refractivity contribution < 1.29 is 4.74 Å². The van der Waals surface area contributed by atoms with Gasteiger partial charge in [-0.05, 0) is 32.4 Å². The van der Waals surface area contributed by atoms with E-state index in [0.29, 0.717) is 0 Å². The Morgan fingerprint density at radius 3 is 2.71 bits per heavy atom. The molecule has 0 aliphatic heterocycles. The zero-order chi connectivity index (χ0) is 12.9. The van der Waals surface area contributed by atoms with Crippen LogP contribution in [0.2, 0.25) is 0 Å². The van der Waals surface area contributed by atoms with Gasteiger partial charge in [-0.2, -0.15) is 0 Å². The molecule has 0 aromatic carbocycles. The summed E-state index contributed by atoms with van der Waals surface area (Å²) in [6.45, 7) is 5.04. The maximum atomic E-state index is 5.39. The molecule has 0 saturated carbocycles. The molecular formula is C13H23N3O. The maximum Gasteiger partial charge on any atom is 0.151 e. The van der Waals surface area contributed by atoms with Crippen LogP contribution in [-0.4, -0.2) is 38.3 Å². The Labute approximate surface area is 104 Å².